The molecule has 0 aromatic carbocycles. The van der Waals surface area contributed by atoms with Crippen LogP contribution in [-0.2, 0) is 18.3 Å². The van der Waals surface area contributed by atoms with Gasteiger partial charge in [-0.3, -0.25) is 14.5 Å². The number of amides is 1. The van der Waals surface area contributed by atoms with E-state index in [0.29, 0.717) is 23.8 Å². The molecule has 1 saturated carbocycles. The molecule has 164 valence electrons. The first kappa shape index (κ1) is 21.4. The molecule has 32 heavy (non-hydrogen) atoms. The van der Waals surface area contributed by atoms with E-state index >= 15 is 0 Å². The van der Waals surface area contributed by atoms with Crippen molar-refractivity contribution in [3.8, 4) is 11.3 Å². The summed E-state index contributed by atoms with van der Waals surface area (Å²) in [6.07, 6.45) is 11.1. The van der Waals surface area contributed by atoms with Crippen LogP contribution in [0, 0.1) is 5.92 Å². The smallest absolute Gasteiger partial charge is 0.228 e. The number of carbonyl (C=O) groups is 1. The fraction of sp³-hybridized carbons (Fsp3) is 0.261. The molecular weight excluding hydrogens is 406 g/mol. The number of rotatable bonds is 5. The zero-order valence-corrected chi connectivity index (χ0v) is 17.8. The second-order valence-corrected chi connectivity index (χ2v) is 7.63. The Bertz CT molecular complexity index is 1220. The van der Waals surface area contributed by atoms with Gasteiger partial charge in [-0.25, -0.2) is 9.97 Å². The molecule has 0 unspecified atom stereocenters. The number of hydrogen-bond donors (Lipinski definition) is 3. The van der Waals surface area contributed by atoms with Gasteiger partial charge in [0.1, 0.15) is 11.6 Å². The molecule has 9 heteroatoms. The topological polar surface area (TPSA) is 132 Å². The normalized spacial score (nSPS) is 12.8. The first-order valence-electron chi connectivity index (χ1n) is 10.4. The van der Waals surface area contributed by atoms with E-state index < -0.39 is 0 Å². The van der Waals surface area contributed by atoms with E-state index in [0.717, 1.165) is 34.7 Å². The predicted molar refractivity (Wildman–Crippen MR) is 123 cm³/mol. The average Bonchev–Trinajstić information content (AvgIpc) is 3.54. The second kappa shape index (κ2) is 9.52. The highest BCUT2D eigenvalue weighted by Crippen LogP contribution is 2.31. The minimum Gasteiger partial charge on any atom is -0.396 e. The number of nitrogens with one attached hydrogen (secondary N) is 1. The van der Waals surface area contributed by atoms with Crippen LogP contribution in [0.3, 0.4) is 0 Å². The van der Waals surface area contributed by atoms with E-state index in [1.54, 1.807) is 35.5 Å². The Labute approximate surface area is 185 Å². The summed E-state index contributed by atoms with van der Waals surface area (Å²) >= 11 is 0. The Balaban J connectivity index is 0.000000354. The van der Waals surface area contributed by atoms with Gasteiger partial charge in [0.15, 0.2) is 0 Å². The fourth-order valence-electron chi connectivity index (χ4n) is 3.29. The van der Waals surface area contributed by atoms with Crippen LogP contribution in [0.5, 0.6) is 0 Å². The SMILES string of the molecule is Cn1cccn1.Nc1nc(-c2cnccc2CCO)cc2cc(NC(=O)C3CC3)ncc12. The summed E-state index contributed by atoms with van der Waals surface area (Å²) in [7, 11) is 1.89. The van der Waals surface area contributed by atoms with Crippen molar-refractivity contribution in [1.82, 2.24) is 24.7 Å². The molecule has 0 spiro atoms. The van der Waals surface area contributed by atoms with Crippen molar-refractivity contribution in [2.45, 2.75) is 19.3 Å². The van der Waals surface area contributed by atoms with Gasteiger partial charge in [-0.05, 0) is 54.5 Å². The number of aromatic nitrogens is 5. The van der Waals surface area contributed by atoms with E-state index in [2.05, 4.69) is 25.4 Å². The lowest BCUT2D eigenvalue weighted by Gasteiger charge is -2.11. The van der Waals surface area contributed by atoms with Crippen molar-refractivity contribution < 1.29 is 9.90 Å². The van der Waals surface area contributed by atoms with Gasteiger partial charge in [0, 0.05) is 61.5 Å². The third-order valence-electron chi connectivity index (χ3n) is 5.15. The maximum atomic E-state index is 12.0. The Morgan fingerprint density at radius 3 is 2.78 bits per heavy atom. The van der Waals surface area contributed by atoms with Crippen LogP contribution in [0.15, 0.2) is 55.2 Å². The van der Waals surface area contributed by atoms with E-state index in [4.69, 9.17) is 5.73 Å². The van der Waals surface area contributed by atoms with E-state index in [-0.39, 0.29) is 18.4 Å². The van der Waals surface area contributed by atoms with Gasteiger partial charge in [0.05, 0.1) is 5.69 Å². The van der Waals surface area contributed by atoms with Crippen molar-refractivity contribution in [2.24, 2.45) is 13.0 Å². The first-order valence-corrected chi connectivity index (χ1v) is 10.4. The number of nitrogen functional groups attached to an aromatic ring is 1. The summed E-state index contributed by atoms with van der Waals surface area (Å²) in [6, 6.07) is 7.46. The van der Waals surface area contributed by atoms with Crippen molar-refractivity contribution in [3.05, 3.63) is 60.8 Å². The van der Waals surface area contributed by atoms with Crippen LogP contribution in [0.25, 0.3) is 22.0 Å². The van der Waals surface area contributed by atoms with Crippen LogP contribution in [-0.4, -0.2) is 42.4 Å². The first-order chi connectivity index (χ1) is 15.5. The maximum absolute atomic E-state index is 12.0. The molecule has 4 aromatic rings. The van der Waals surface area contributed by atoms with Crippen molar-refractivity contribution in [2.75, 3.05) is 17.7 Å². The number of aliphatic hydroxyl groups excluding tert-OH is 1. The summed E-state index contributed by atoms with van der Waals surface area (Å²) in [5.74, 6) is 0.996. The third kappa shape index (κ3) is 5.06. The number of fused-ring (bicyclic) bond motifs is 1. The average molecular weight is 432 g/mol. The number of nitrogens with two attached hydrogens (primary N) is 1. The molecule has 4 aromatic heterocycles. The van der Waals surface area contributed by atoms with Crippen LogP contribution in [0.1, 0.15) is 18.4 Å². The van der Waals surface area contributed by atoms with Crippen molar-refractivity contribution >= 4 is 28.3 Å². The molecule has 0 radical (unpaired) electrons. The molecule has 0 saturated heterocycles. The lowest BCUT2D eigenvalue weighted by molar-refractivity contribution is -0.117. The lowest BCUT2D eigenvalue weighted by Crippen LogP contribution is -2.14. The van der Waals surface area contributed by atoms with Crippen molar-refractivity contribution in [1.29, 1.82) is 0 Å². The molecule has 1 aliphatic rings. The molecular formula is C23H25N7O2. The van der Waals surface area contributed by atoms with E-state index in [1.165, 1.54) is 0 Å². The number of aliphatic hydroxyl groups is 1. The zero-order chi connectivity index (χ0) is 22.5. The van der Waals surface area contributed by atoms with Crippen LogP contribution >= 0.6 is 0 Å². The number of carbonyl (C=O) groups excluding carboxylic acids is 1. The standard InChI is InChI=1S/C19H19N5O2.C4H6N2/c20-18-15-10-22-17(24-19(26)12-1-2-12)8-13(15)7-16(23-18)14-9-21-5-3-11(14)4-6-25;1-6-4-2-3-5-6/h3,5,7-10,12,25H,1-2,4,6H2,(H2,20,23)(H,22,24,26);2-4H,1H3. The fourth-order valence-corrected chi connectivity index (χ4v) is 3.29. The van der Waals surface area contributed by atoms with Crippen LogP contribution in [0.2, 0.25) is 0 Å². The zero-order valence-electron chi connectivity index (χ0n) is 17.8. The van der Waals surface area contributed by atoms with E-state index in [1.807, 2.05) is 31.4 Å². The van der Waals surface area contributed by atoms with Crippen LogP contribution < -0.4 is 11.1 Å². The largest absolute Gasteiger partial charge is 0.396 e. The molecule has 0 bridgehead atoms. The highest BCUT2D eigenvalue weighted by atomic mass is 16.3. The van der Waals surface area contributed by atoms with Crippen molar-refractivity contribution in [3.63, 3.8) is 0 Å². The summed E-state index contributed by atoms with van der Waals surface area (Å²) < 4.78 is 1.75. The Morgan fingerprint density at radius 1 is 1.28 bits per heavy atom. The maximum Gasteiger partial charge on any atom is 0.228 e. The van der Waals surface area contributed by atoms with Gasteiger partial charge in [0.25, 0.3) is 0 Å². The number of anilines is 2. The van der Waals surface area contributed by atoms with Gasteiger partial charge in [-0.2, -0.15) is 5.10 Å². The highest BCUT2D eigenvalue weighted by Gasteiger charge is 2.29. The quantitative estimate of drug-likeness (QED) is 0.442. The molecule has 0 atom stereocenters. The molecule has 4 N–H and O–H groups in total. The molecule has 9 nitrogen and oxygen atoms in total. The number of nitrogens with zero attached hydrogens (tertiary/aromatic N) is 5. The molecule has 5 rings (SSSR count). The number of pyridine rings is 3. The van der Waals surface area contributed by atoms with Gasteiger partial charge >= 0.3 is 0 Å². The third-order valence-corrected chi connectivity index (χ3v) is 5.15. The van der Waals surface area contributed by atoms with Gasteiger partial charge in [-0.15, -0.1) is 0 Å². The summed E-state index contributed by atoms with van der Waals surface area (Å²) in [5, 5.41) is 17.5. The monoisotopic (exact) mass is 431 g/mol. The summed E-state index contributed by atoms with van der Waals surface area (Å²) in [4.78, 5) is 24.9. The minimum atomic E-state index is 0.0107. The van der Waals surface area contributed by atoms with Gasteiger partial charge in [0.2, 0.25) is 5.91 Å². The molecule has 1 aliphatic carbocycles. The molecule has 4 heterocycles. The highest BCUT2D eigenvalue weighted by molar-refractivity contribution is 5.98. The number of hydrogen-bond acceptors (Lipinski definition) is 7. The Kier molecular flexibility index (Phi) is 6.37. The molecule has 0 aliphatic heterocycles. The van der Waals surface area contributed by atoms with Gasteiger partial charge in [-0.1, -0.05) is 0 Å². The number of aryl methyl sites for hydroxylation is 1. The molecule has 1 fully saturated rings. The lowest BCUT2D eigenvalue weighted by atomic mass is 10.0. The predicted octanol–water partition coefficient (Wildman–Crippen LogP) is 2.58. The van der Waals surface area contributed by atoms with Crippen LogP contribution in [0.4, 0.5) is 11.6 Å². The van der Waals surface area contributed by atoms with E-state index in [9.17, 15) is 9.90 Å². The Morgan fingerprint density at radius 2 is 2.12 bits per heavy atom. The summed E-state index contributed by atoms with van der Waals surface area (Å²) in [6.45, 7) is 0.0430. The summed E-state index contributed by atoms with van der Waals surface area (Å²) in [5.41, 5.74) is 8.58. The molecule has 1 amide bonds. The second-order valence-electron chi connectivity index (χ2n) is 7.63. The minimum absolute atomic E-state index is 0.0107. The Hall–Kier alpha value is -3.85. The van der Waals surface area contributed by atoms with Gasteiger partial charge < -0.3 is 16.2 Å².